The summed E-state index contributed by atoms with van der Waals surface area (Å²) in [6.07, 6.45) is 4.44. The van der Waals surface area contributed by atoms with Crippen LogP contribution in [0.25, 0.3) is 0 Å². The summed E-state index contributed by atoms with van der Waals surface area (Å²) in [5.41, 5.74) is 3.69. The Kier molecular flexibility index (Phi) is 4.68. The number of aryl methyl sites for hydroxylation is 1. The van der Waals surface area contributed by atoms with Crippen LogP contribution in [-0.2, 0) is 14.3 Å². The highest BCUT2D eigenvalue weighted by Crippen LogP contribution is 2.30. The van der Waals surface area contributed by atoms with E-state index in [-0.39, 0.29) is 11.8 Å². The minimum atomic E-state index is 0.0579. The molecule has 0 radical (unpaired) electrons. The van der Waals surface area contributed by atoms with Crippen molar-refractivity contribution < 1.29 is 14.3 Å². The number of hydrogen-bond acceptors (Lipinski definition) is 4. The fourth-order valence-electron chi connectivity index (χ4n) is 3.99. The van der Waals surface area contributed by atoms with Crippen molar-refractivity contribution in [1.29, 1.82) is 0 Å². The van der Waals surface area contributed by atoms with Gasteiger partial charge < -0.3 is 19.4 Å². The van der Waals surface area contributed by atoms with Gasteiger partial charge in [0.2, 0.25) is 5.91 Å². The van der Waals surface area contributed by atoms with Crippen LogP contribution in [0.3, 0.4) is 0 Å². The molecule has 0 atom stereocenters. The van der Waals surface area contributed by atoms with Crippen LogP contribution < -0.4 is 9.80 Å². The Morgan fingerprint density at radius 2 is 1.81 bits per heavy atom. The van der Waals surface area contributed by atoms with Crippen LogP contribution in [-0.4, -0.2) is 56.1 Å². The Bertz CT molecular complexity index is 753. The van der Waals surface area contributed by atoms with Gasteiger partial charge in [-0.1, -0.05) is 6.08 Å². The number of anilines is 2. The Hall–Kier alpha value is -2.34. The molecule has 2 fully saturated rings. The third-order valence-electron chi connectivity index (χ3n) is 5.36. The largest absolute Gasteiger partial charge is 0.378 e. The number of amides is 2. The van der Waals surface area contributed by atoms with E-state index in [1.54, 1.807) is 0 Å². The molecule has 3 aliphatic rings. The van der Waals surface area contributed by atoms with Crippen LogP contribution in [0.2, 0.25) is 0 Å². The minimum Gasteiger partial charge on any atom is -0.378 e. The number of carbonyl (C=O) groups is 2. The van der Waals surface area contributed by atoms with E-state index in [1.807, 2.05) is 41.0 Å². The molecule has 3 heterocycles. The van der Waals surface area contributed by atoms with E-state index in [0.29, 0.717) is 26.2 Å². The quantitative estimate of drug-likeness (QED) is 0.833. The zero-order valence-electron chi connectivity index (χ0n) is 15.2. The standard InChI is InChI=1S/C20H25N3O3/c1-15-14-16(6-7-17(15)23-9-3-5-19(23)24)22-8-2-4-18(20(22)25)21-10-12-26-13-11-21/h4,6-7,14H,2-3,5,8-13H2,1H3. The highest BCUT2D eigenvalue weighted by molar-refractivity contribution is 6.06. The maximum absolute atomic E-state index is 13.0. The Labute approximate surface area is 154 Å². The molecule has 0 unspecified atom stereocenters. The van der Waals surface area contributed by atoms with Gasteiger partial charge in [-0.15, -0.1) is 0 Å². The second-order valence-corrected chi connectivity index (χ2v) is 7.05. The van der Waals surface area contributed by atoms with Crippen LogP contribution in [0.4, 0.5) is 11.4 Å². The van der Waals surface area contributed by atoms with Crippen molar-refractivity contribution in [3.05, 3.63) is 35.5 Å². The fourth-order valence-corrected chi connectivity index (χ4v) is 3.99. The molecule has 0 saturated carbocycles. The first-order valence-electron chi connectivity index (χ1n) is 9.41. The maximum atomic E-state index is 13.0. The van der Waals surface area contributed by atoms with Gasteiger partial charge in [-0.05, 0) is 43.5 Å². The number of hydrogen-bond donors (Lipinski definition) is 0. The first-order chi connectivity index (χ1) is 12.6. The number of benzene rings is 1. The SMILES string of the molecule is Cc1cc(N2CCC=C(N3CCOCC3)C2=O)ccc1N1CCCC1=O. The molecular weight excluding hydrogens is 330 g/mol. The topological polar surface area (TPSA) is 53.1 Å². The Morgan fingerprint density at radius 1 is 1.00 bits per heavy atom. The third kappa shape index (κ3) is 3.09. The molecule has 26 heavy (non-hydrogen) atoms. The highest BCUT2D eigenvalue weighted by atomic mass is 16.5. The molecule has 2 amide bonds. The van der Waals surface area contributed by atoms with Gasteiger partial charge in [0.15, 0.2) is 0 Å². The van der Waals surface area contributed by atoms with E-state index >= 15 is 0 Å². The van der Waals surface area contributed by atoms with Crippen molar-refractivity contribution in [2.45, 2.75) is 26.2 Å². The van der Waals surface area contributed by atoms with Gasteiger partial charge in [0, 0.05) is 44.0 Å². The molecule has 0 N–H and O–H groups in total. The minimum absolute atomic E-state index is 0.0579. The molecule has 0 spiro atoms. The van der Waals surface area contributed by atoms with Crippen LogP contribution >= 0.6 is 0 Å². The van der Waals surface area contributed by atoms with Gasteiger partial charge in [-0.2, -0.15) is 0 Å². The van der Waals surface area contributed by atoms with Crippen molar-refractivity contribution in [2.24, 2.45) is 0 Å². The lowest BCUT2D eigenvalue weighted by Gasteiger charge is -2.36. The van der Waals surface area contributed by atoms with E-state index in [0.717, 1.165) is 55.1 Å². The number of rotatable bonds is 3. The summed E-state index contributed by atoms with van der Waals surface area (Å²) in [4.78, 5) is 30.9. The molecule has 1 aromatic rings. The highest BCUT2D eigenvalue weighted by Gasteiger charge is 2.29. The van der Waals surface area contributed by atoms with Gasteiger partial charge in [-0.3, -0.25) is 9.59 Å². The molecule has 2 saturated heterocycles. The monoisotopic (exact) mass is 355 g/mol. The van der Waals surface area contributed by atoms with Gasteiger partial charge in [0.1, 0.15) is 0 Å². The summed E-state index contributed by atoms with van der Waals surface area (Å²) < 4.78 is 5.40. The van der Waals surface area contributed by atoms with Crippen molar-refractivity contribution in [3.8, 4) is 0 Å². The van der Waals surface area contributed by atoms with Crippen molar-refractivity contribution in [1.82, 2.24) is 4.90 Å². The van der Waals surface area contributed by atoms with E-state index in [1.165, 1.54) is 0 Å². The first-order valence-corrected chi connectivity index (χ1v) is 9.41. The number of ether oxygens (including phenoxy) is 1. The molecule has 0 aliphatic carbocycles. The fraction of sp³-hybridized carbons (Fsp3) is 0.500. The predicted octanol–water partition coefficient (Wildman–Crippen LogP) is 2.07. The summed E-state index contributed by atoms with van der Waals surface area (Å²) in [6.45, 7) is 6.35. The zero-order valence-corrected chi connectivity index (χ0v) is 15.2. The molecule has 3 aliphatic heterocycles. The van der Waals surface area contributed by atoms with Crippen molar-refractivity contribution >= 4 is 23.2 Å². The summed E-state index contributed by atoms with van der Waals surface area (Å²) in [6, 6.07) is 5.98. The Balaban J connectivity index is 1.55. The summed E-state index contributed by atoms with van der Waals surface area (Å²) in [7, 11) is 0. The van der Waals surface area contributed by atoms with E-state index in [9.17, 15) is 9.59 Å². The van der Waals surface area contributed by atoms with E-state index in [4.69, 9.17) is 4.74 Å². The van der Waals surface area contributed by atoms with Gasteiger partial charge in [-0.25, -0.2) is 0 Å². The smallest absolute Gasteiger partial charge is 0.274 e. The molecular formula is C20H25N3O3. The third-order valence-corrected chi connectivity index (χ3v) is 5.36. The molecule has 4 rings (SSSR count). The molecule has 0 bridgehead atoms. The van der Waals surface area contributed by atoms with Crippen LogP contribution in [0.5, 0.6) is 0 Å². The summed E-state index contributed by atoms with van der Waals surface area (Å²) in [5, 5.41) is 0. The van der Waals surface area contributed by atoms with Crippen molar-refractivity contribution in [2.75, 3.05) is 49.2 Å². The van der Waals surface area contributed by atoms with Crippen LogP contribution in [0.1, 0.15) is 24.8 Å². The normalized spacial score (nSPS) is 21.4. The maximum Gasteiger partial charge on any atom is 0.274 e. The number of carbonyl (C=O) groups excluding carboxylic acids is 2. The molecule has 138 valence electrons. The van der Waals surface area contributed by atoms with Gasteiger partial charge in [0.25, 0.3) is 5.91 Å². The first kappa shape index (κ1) is 17.1. The second kappa shape index (κ2) is 7.11. The molecule has 0 aromatic heterocycles. The predicted molar refractivity (Wildman–Crippen MR) is 100 cm³/mol. The van der Waals surface area contributed by atoms with Gasteiger partial charge in [0.05, 0.1) is 18.9 Å². The molecule has 6 heteroatoms. The van der Waals surface area contributed by atoms with Crippen LogP contribution in [0.15, 0.2) is 30.0 Å². The lowest BCUT2D eigenvalue weighted by molar-refractivity contribution is -0.118. The molecule has 6 nitrogen and oxygen atoms in total. The lowest BCUT2D eigenvalue weighted by Crippen LogP contribution is -2.45. The summed E-state index contributed by atoms with van der Waals surface area (Å²) in [5.74, 6) is 0.245. The summed E-state index contributed by atoms with van der Waals surface area (Å²) >= 11 is 0. The average Bonchev–Trinajstić information content (AvgIpc) is 3.08. The van der Waals surface area contributed by atoms with Crippen LogP contribution in [0, 0.1) is 6.92 Å². The molecule has 1 aromatic carbocycles. The number of nitrogens with zero attached hydrogens (tertiary/aromatic N) is 3. The van der Waals surface area contributed by atoms with E-state index < -0.39 is 0 Å². The van der Waals surface area contributed by atoms with Gasteiger partial charge >= 0.3 is 0 Å². The second-order valence-electron chi connectivity index (χ2n) is 7.05. The lowest BCUT2D eigenvalue weighted by atomic mass is 10.1. The average molecular weight is 355 g/mol. The zero-order chi connectivity index (χ0) is 18.1. The Morgan fingerprint density at radius 3 is 2.50 bits per heavy atom. The van der Waals surface area contributed by atoms with E-state index in [2.05, 4.69) is 4.90 Å². The van der Waals surface area contributed by atoms with Crippen molar-refractivity contribution in [3.63, 3.8) is 0 Å². The number of morpholine rings is 1.